The van der Waals surface area contributed by atoms with Crippen LogP contribution in [0, 0.1) is 5.82 Å². The van der Waals surface area contributed by atoms with Crippen molar-refractivity contribution < 1.29 is 18.0 Å². The van der Waals surface area contributed by atoms with Crippen molar-refractivity contribution in [2.75, 3.05) is 5.75 Å². The Morgan fingerprint density at radius 3 is 2.90 bits per heavy atom. The molecule has 1 aliphatic rings. The summed E-state index contributed by atoms with van der Waals surface area (Å²) in [4.78, 5) is 0. The van der Waals surface area contributed by atoms with Gasteiger partial charge in [-0.3, -0.25) is 0 Å². The first-order valence-electron chi connectivity index (χ1n) is 5.82. The van der Waals surface area contributed by atoms with Crippen LogP contribution in [-0.4, -0.2) is 31.3 Å². The minimum atomic E-state index is -3.14. The van der Waals surface area contributed by atoms with Gasteiger partial charge in [0.1, 0.15) is 5.82 Å². The van der Waals surface area contributed by atoms with Crippen molar-refractivity contribution in [2.24, 2.45) is 10.9 Å². The number of rotatable bonds is 4. The summed E-state index contributed by atoms with van der Waals surface area (Å²) < 4.78 is 36.6. The first-order chi connectivity index (χ1) is 9.43. The fourth-order valence-corrected chi connectivity index (χ4v) is 3.18. The molecule has 0 fully saturated rings. The fraction of sp³-hybridized carbons (Fsp3) is 0.250. The molecule has 0 amide bonds. The van der Waals surface area contributed by atoms with Gasteiger partial charge in [-0.1, -0.05) is 23.4 Å². The van der Waals surface area contributed by atoms with Crippen LogP contribution in [-0.2, 0) is 16.4 Å². The number of nitrogens with zero attached hydrogens (tertiary/aromatic N) is 1. The van der Waals surface area contributed by atoms with Crippen molar-refractivity contribution in [2.45, 2.75) is 12.6 Å². The van der Waals surface area contributed by atoms with E-state index in [1.54, 1.807) is 12.1 Å². The Morgan fingerprint density at radius 1 is 1.55 bits per heavy atom. The van der Waals surface area contributed by atoms with Gasteiger partial charge in [-0.25, -0.2) is 12.8 Å². The molecule has 0 saturated carbocycles. The number of hydrogen-bond donors (Lipinski definition) is 3. The lowest BCUT2D eigenvalue weighted by molar-refractivity contribution is 0.318. The van der Waals surface area contributed by atoms with E-state index < -0.39 is 15.7 Å². The molecular formula is C12H14FN3O3S. The third-order valence-corrected chi connectivity index (χ3v) is 4.34. The van der Waals surface area contributed by atoms with Crippen molar-refractivity contribution in [1.29, 1.82) is 0 Å². The number of amidine groups is 1. The van der Waals surface area contributed by atoms with E-state index in [1.807, 2.05) is 0 Å². The predicted molar refractivity (Wildman–Crippen MR) is 72.5 cm³/mol. The molecule has 8 heteroatoms. The summed E-state index contributed by atoms with van der Waals surface area (Å²) in [6.45, 7) is 0.142. The minimum absolute atomic E-state index is 0.00128. The highest BCUT2D eigenvalue weighted by atomic mass is 32.2. The Kier molecular flexibility index (Phi) is 4.05. The first kappa shape index (κ1) is 14.5. The van der Waals surface area contributed by atoms with Crippen molar-refractivity contribution in [1.82, 2.24) is 5.32 Å². The van der Waals surface area contributed by atoms with Crippen LogP contribution in [0.5, 0.6) is 0 Å². The highest BCUT2D eigenvalue weighted by Crippen LogP contribution is 2.14. The van der Waals surface area contributed by atoms with Crippen molar-refractivity contribution >= 4 is 15.7 Å². The monoisotopic (exact) mass is 299 g/mol. The average Bonchev–Trinajstić information content (AvgIpc) is 2.76. The van der Waals surface area contributed by atoms with E-state index in [-0.39, 0.29) is 29.7 Å². The van der Waals surface area contributed by atoms with Gasteiger partial charge < -0.3 is 16.3 Å². The van der Waals surface area contributed by atoms with Crippen LogP contribution in [0.1, 0.15) is 11.1 Å². The molecule has 0 saturated heterocycles. The van der Waals surface area contributed by atoms with Crippen LogP contribution in [0.15, 0.2) is 34.8 Å². The van der Waals surface area contributed by atoms with Gasteiger partial charge in [0.15, 0.2) is 15.7 Å². The van der Waals surface area contributed by atoms with Gasteiger partial charge >= 0.3 is 0 Å². The van der Waals surface area contributed by atoms with Gasteiger partial charge in [0.05, 0.1) is 11.3 Å². The molecule has 1 aliphatic heterocycles. The Labute approximate surface area is 115 Å². The molecule has 1 aromatic rings. The maximum absolute atomic E-state index is 14.1. The number of nitrogens with one attached hydrogen (secondary N) is 1. The molecule has 0 bridgehead atoms. The van der Waals surface area contributed by atoms with Crippen molar-refractivity contribution in [3.05, 3.63) is 46.6 Å². The third-order valence-electron chi connectivity index (χ3n) is 2.95. The van der Waals surface area contributed by atoms with E-state index in [0.717, 1.165) is 5.41 Å². The Bertz CT molecular complexity index is 671. The molecule has 4 N–H and O–H groups in total. The molecule has 1 atom stereocenters. The molecular weight excluding hydrogens is 285 g/mol. The van der Waals surface area contributed by atoms with Crippen LogP contribution in [0.2, 0.25) is 0 Å². The summed E-state index contributed by atoms with van der Waals surface area (Å²) in [5, 5.41) is 15.4. The summed E-state index contributed by atoms with van der Waals surface area (Å²) in [7, 11) is -3.14. The number of sulfone groups is 1. The van der Waals surface area contributed by atoms with E-state index in [2.05, 4.69) is 10.5 Å². The number of halogens is 1. The topological polar surface area (TPSA) is 105 Å². The van der Waals surface area contributed by atoms with Crippen molar-refractivity contribution in [3.63, 3.8) is 0 Å². The van der Waals surface area contributed by atoms with Crippen LogP contribution >= 0.6 is 0 Å². The van der Waals surface area contributed by atoms with E-state index in [4.69, 9.17) is 10.9 Å². The lowest BCUT2D eigenvalue weighted by Crippen LogP contribution is -2.30. The van der Waals surface area contributed by atoms with Gasteiger partial charge in [0, 0.05) is 23.6 Å². The van der Waals surface area contributed by atoms with Crippen LogP contribution in [0.4, 0.5) is 4.39 Å². The Hall–Kier alpha value is -1.93. The summed E-state index contributed by atoms with van der Waals surface area (Å²) in [6, 6.07) is 4.18. The molecule has 20 heavy (non-hydrogen) atoms. The molecule has 1 aromatic carbocycles. The van der Waals surface area contributed by atoms with Crippen LogP contribution in [0.3, 0.4) is 0 Å². The molecule has 0 spiro atoms. The van der Waals surface area contributed by atoms with Gasteiger partial charge in [0.25, 0.3) is 0 Å². The SMILES string of the molecule is N/C(=N/O)c1cccc(CNC2C=CS(=O)(=O)C2)c1F. The van der Waals surface area contributed by atoms with Gasteiger partial charge in [0.2, 0.25) is 0 Å². The maximum Gasteiger partial charge on any atom is 0.173 e. The summed E-state index contributed by atoms with van der Waals surface area (Å²) in [5.41, 5.74) is 5.68. The number of benzene rings is 1. The molecule has 2 rings (SSSR count). The minimum Gasteiger partial charge on any atom is -0.409 e. The molecule has 0 radical (unpaired) electrons. The smallest absolute Gasteiger partial charge is 0.173 e. The second-order valence-corrected chi connectivity index (χ2v) is 6.34. The van der Waals surface area contributed by atoms with Crippen molar-refractivity contribution in [3.8, 4) is 0 Å². The molecule has 1 heterocycles. The summed E-state index contributed by atoms with van der Waals surface area (Å²) >= 11 is 0. The molecule has 0 aromatic heterocycles. The Morgan fingerprint density at radius 2 is 2.30 bits per heavy atom. The predicted octanol–water partition coefficient (Wildman–Crippen LogP) is 0.321. The summed E-state index contributed by atoms with van der Waals surface area (Å²) in [6.07, 6.45) is 1.53. The highest BCUT2D eigenvalue weighted by molar-refractivity contribution is 7.94. The van der Waals surface area contributed by atoms with Crippen LogP contribution in [0.25, 0.3) is 0 Å². The second kappa shape index (κ2) is 5.59. The van der Waals surface area contributed by atoms with E-state index >= 15 is 0 Å². The van der Waals surface area contributed by atoms with Gasteiger partial charge in [-0.15, -0.1) is 0 Å². The normalized spacial score (nSPS) is 21.2. The lowest BCUT2D eigenvalue weighted by Gasteiger charge is -2.12. The molecule has 6 nitrogen and oxygen atoms in total. The number of nitrogens with two attached hydrogens (primary N) is 1. The lowest BCUT2D eigenvalue weighted by atomic mass is 10.1. The third kappa shape index (κ3) is 3.14. The molecule has 0 aliphatic carbocycles. The van der Waals surface area contributed by atoms with E-state index in [0.29, 0.717) is 5.56 Å². The number of hydrogen-bond acceptors (Lipinski definition) is 5. The fourth-order valence-electron chi connectivity index (χ4n) is 1.91. The zero-order valence-corrected chi connectivity index (χ0v) is 11.3. The Balaban J connectivity index is 2.10. The van der Waals surface area contributed by atoms with Gasteiger partial charge in [-0.2, -0.15) is 0 Å². The maximum atomic E-state index is 14.1. The summed E-state index contributed by atoms with van der Waals surface area (Å²) in [5.74, 6) is -0.943. The quantitative estimate of drug-likeness (QED) is 0.321. The standard InChI is InChI=1S/C12H14FN3O3S/c13-11-8(2-1-3-10(11)12(14)16-17)6-15-9-4-5-20(18,19)7-9/h1-5,9,15,17H,6-7H2,(H2,14,16). The first-order valence-corrected chi connectivity index (χ1v) is 7.54. The number of oxime groups is 1. The van der Waals surface area contributed by atoms with Crippen LogP contribution < -0.4 is 11.1 Å². The van der Waals surface area contributed by atoms with E-state index in [9.17, 15) is 12.8 Å². The van der Waals surface area contributed by atoms with Gasteiger partial charge in [-0.05, 0) is 6.07 Å². The van der Waals surface area contributed by atoms with E-state index in [1.165, 1.54) is 12.1 Å². The largest absolute Gasteiger partial charge is 0.409 e. The zero-order valence-electron chi connectivity index (χ0n) is 10.5. The molecule has 108 valence electrons. The zero-order chi connectivity index (χ0) is 14.8. The average molecular weight is 299 g/mol. The highest BCUT2D eigenvalue weighted by Gasteiger charge is 2.21. The molecule has 1 unspecified atom stereocenters. The second-order valence-electron chi connectivity index (χ2n) is 4.41.